The Hall–Kier alpha value is -2.78. The quantitative estimate of drug-likeness (QED) is 0.682. The molecule has 0 atom stereocenters. The second-order valence-electron chi connectivity index (χ2n) is 5.25. The van der Waals surface area contributed by atoms with Crippen molar-refractivity contribution >= 4 is 27.3 Å². The summed E-state index contributed by atoms with van der Waals surface area (Å²) in [7, 11) is -3.82. The summed E-state index contributed by atoms with van der Waals surface area (Å²) in [5.74, 6) is -0.791. The van der Waals surface area contributed by atoms with Gasteiger partial charge >= 0.3 is 5.22 Å². The molecular formula is C16H13ClN4O4S. The van der Waals surface area contributed by atoms with Crippen molar-refractivity contribution in [1.29, 1.82) is 0 Å². The molecule has 0 saturated heterocycles. The Morgan fingerprint density at radius 3 is 2.73 bits per heavy atom. The van der Waals surface area contributed by atoms with E-state index in [0.29, 0.717) is 10.6 Å². The Morgan fingerprint density at radius 1 is 1.15 bits per heavy atom. The first-order valence-corrected chi connectivity index (χ1v) is 9.46. The lowest BCUT2D eigenvalue weighted by Gasteiger charge is -2.02. The zero-order chi connectivity index (χ0) is 18.6. The number of carbonyl (C=O) groups is 1. The number of pyridine rings is 1. The van der Waals surface area contributed by atoms with E-state index < -0.39 is 21.0 Å². The number of nitrogens with zero attached hydrogens (tertiary/aromatic N) is 3. The fraction of sp³-hybridized carbons (Fsp3) is 0.125. The van der Waals surface area contributed by atoms with Crippen LogP contribution in [0.5, 0.6) is 0 Å². The highest BCUT2D eigenvalue weighted by Crippen LogP contribution is 2.18. The van der Waals surface area contributed by atoms with Crippen molar-refractivity contribution in [1.82, 2.24) is 20.5 Å². The maximum absolute atomic E-state index is 12.3. The number of carbonyl (C=O) groups excluding carboxylic acids is 1. The molecule has 1 amide bonds. The second kappa shape index (κ2) is 7.63. The first kappa shape index (κ1) is 18.0. The topological polar surface area (TPSA) is 115 Å². The number of nitrogens with one attached hydrogen (secondary N) is 1. The number of aromatic nitrogens is 3. The van der Waals surface area contributed by atoms with E-state index in [2.05, 4.69) is 20.5 Å². The summed E-state index contributed by atoms with van der Waals surface area (Å²) in [4.78, 5) is 15.8. The van der Waals surface area contributed by atoms with Crippen molar-refractivity contribution in [2.24, 2.45) is 0 Å². The van der Waals surface area contributed by atoms with Gasteiger partial charge in [-0.1, -0.05) is 34.9 Å². The molecule has 0 unspecified atom stereocenters. The van der Waals surface area contributed by atoms with E-state index >= 15 is 0 Å². The van der Waals surface area contributed by atoms with E-state index in [1.165, 1.54) is 6.20 Å². The van der Waals surface area contributed by atoms with Gasteiger partial charge in [0, 0.05) is 11.2 Å². The van der Waals surface area contributed by atoms with Gasteiger partial charge < -0.3 is 9.73 Å². The second-order valence-corrected chi connectivity index (χ2v) is 7.55. The normalized spacial score (nSPS) is 11.3. The largest absolute Gasteiger partial charge is 0.411 e. The molecule has 0 saturated carbocycles. The van der Waals surface area contributed by atoms with E-state index in [4.69, 9.17) is 16.0 Å². The summed E-state index contributed by atoms with van der Waals surface area (Å²) >= 11 is 5.85. The third kappa shape index (κ3) is 4.44. The first-order chi connectivity index (χ1) is 12.4. The van der Waals surface area contributed by atoms with Gasteiger partial charge in [-0.15, -0.1) is 5.10 Å². The number of benzene rings is 1. The van der Waals surface area contributed by atoms with E-state index in [0.717, 1.165) is 0 Å². The zero-order valence-electron chi connectivity index (χ0n) is 13.3. The molecule has 0 aliphatic carbocycles. The minimum atomic E-state index is -3.82. The van der Waals surface area contributed by atoms with Gasteiger partial charge in [0.2, 0.25) is 15.7 Å². The van der Waals surface area contributed by atoms with Crippen LogP contribution in [0.4, 0.5) is 0 Å². The molecule has 0 bridgehead atoms. The molecule has 0 radical (unpaired) electrons. The Balaban J connectivity index is 1.66. The average Bonchev–Trinajstić information content (AvgIpc) is 3.10. The van der Waals surface area contributed by atoms with Crippen molar-refractivity contribution in [2.75, 3.05) is 0 Å². The third-order valence-corrected chi connectivity index (χ3v) is 4.90. The first-order valence-electron chi connectivity index (χ1n) is 7.43. The molecule has 0 aliphatic rings. The summed E-state index contributed by atoms with van der Waals surface area (Å²) < 4.78 is 29.9. The van der Waals surface area contributed by atoms with Crippen LogP contribution in [0.1, 0.15) is 21.9 Å². The smallest absolute Gasteiger partial charge is 0.335 e. The highest BCUT2D eigenvalue weighted by atomic mass is 35.5. The molecule has 26 heavy (non-hydrogen) atoms. The van der Waals surface area contributed by atoms with Gasteiger partial charge in [0.25, 0.3) is 5.91 Å². The summed E-state index contributed by atoms with van der Waals surface area (Å²) in [5, 5.41) is 9.65. The van der Waals surface area contributed by atoms with Crippen molar-refractivity contribution in [3.05, 3.63) is 70.8 Å². The Kier molecular flexibility index (Phi) is 5.29. The molecule has 1 aromatic carbocycles. The van der Waals surface area contributed by atoms with Crippen molar-refractivity contribution in [3.63, 3.8) is 0 Å². The lowest BCUT2D eigenvalue weighted by Crippen LogP contribution is -2.23. The molecule has 0 spiro atoms. The molecule has 0 aliphatic heterocycles. The number of rotatable bonds is 6. The van der Waals surface area contributed by atoms with Gasteiger partial charge in [-0.05, 0) is 29.8 Å². The molecular weight excluding hydrogens is 380 g/mol. The predicted molar refractivity (Wildman–Crippen MR) is 92.0 cm³/mol. The zero-order valence-corrected chi connectivity index (χ0v) is 14.9. The van der Waals surface area contributed by atoms with Crippen LogP contribution in [0, 0.1) is 0 Å². The van der Waals surface area contributed by atoms with Crippen LogP contribution < -0.4 is 5.32 Å². The van der Waals surface area contributed by atoms with E-state index in [-0.39, 0.29) is 23.9 Å². The van der Waals surface area contributed by atoms with Crippen LogP contribution in [0.2, 0.25) is 5.02 Å². The SMILES string of the molecule is O=C(NCc1nnc(S(=O)(=O)Cc2cccc(Cl)c2)o1)c1ccccn1. The molecule has 3 rings (SSSR count). The summed E-state index contributed by atoms with van der Waals surface area (Å²) in [5.41, 5.74) is 0.724. The van der Waals surface area contributed by atoms with Gasteiger partial charge in [0.05, 0.1) is 12.3 Å². The van der Waals surface area contributed by atoms with Gasteiger partial charge in [0.15, 0.2) is 0 Å². The van der Waals surface area contributed by atoms with Crippen LogP contribution in [0.15, 0.2) is 58.3 Å². The van der Waals surface area contributed by atoms with Gasteiger partial charge in [-0.2, -0.15) is 0 Å². The van der Waals surface area contributed by atoms with E-state index in [1.54, 1.807) is 42.5 Å². The summed E-state index contributed by atoms with van der Waals surface area (Å²) in [6.07, 6.45) is 1.49. The minimum Gasteiger partial charge on any atom is -0.411 e. The third-order valence-electron chi connectivity index (χ3n) is 3.26. The maximum atomic E-state index is 12.3. The monoisotopic (exact) mass is 392 g/mol. The van der Waals surface area contributed by atoms with Crippen molar-refractivity contribution in [2.45, 2.75) is 17.5 Å². The number of amides is 1. The van der Waals surface area contributed by atoms with Gasteiger partial charge in [-0.25, -0.2) is 8.42 Å². The Morgan fingerprint density at radius 2 is 2.00 bits per heavy atom. The molecule has 10 heteroatoms. The average molecular weight is 393 g/mol. The number of hydrogen-bond donors (Lipinski definition) is 1. The number of hydrogen-bond acceptors (Lipinski definition) is 7. The molecule has 8 nitrogen and oxygen atoms in total. The number of halogens is 1. The Bertz CT molecular complexity index is 1020. The summed E-state index contributed by atoms with van der Waals surface area (Å²) in [6, 6.07) is 11.4. The minimum absolute atomic E-state index is 0.0287. The van der Waals surface area contributed by atoms with Gasteiger partial charge in [0.1, 0.15) is 5.69 Å². The molecule has 2 aromatic heterocycles. The molecule has 3 aromatic rings. The molecule has 2 heterocycles. The van der Waals surface area contributed by atoms with Crippen LogP contribution in [0.25, 0.3) is 0 Å². The highest BCUT2D eigenvalue weighted by Gasteiger charge is 2.23. The van der Waals surface area contributed by atoms with Crippen molar-refractivity contribution < 1.29 is 17.6 Å². The van der Waals surface area contributed by atoms with Crippen LogP contribution in [-0.4, -0.2) is 29.5 Å². The molecule has 0 fully saturated rings. The Labute approximate surface area is 154 Å². The predicted octanol–water partition coefficient (Wildman–Crippen LogP) is 2.02. The molecule has 1 N–H and O–H groups in total. The fourth-order valence-corrected chi connectivity index (χ4v) is 3.43. The van der Waals surface area contributed by atoms with E-state index in [9.17, 15) is 13.2 Å². The standard InChI is InChI=1S/C16H13ClN4O4S/c17-12-5-3-4-11(8-12)10-26(23,24)16-21-20-14(25-16)9-19-15(22)13-6-1-2-7-18-13/h1-8H,9-10H2,(H,19,22). The van der Waals surface area contributed by atoms with Crippen LogP contribution in [-0.2, 0) is 22.1 Å². The molecule has 134 valence electrons. The van der Waals surface area contributed by atoms with E-state index in [1.807, 2.05) is 0 Å². The number of sulfone groups is 1. The van der Waals surface area contributed by atoms with Crippen LogP contribution in [0.3, 0.4) is 0 Å². The fourth-order valence-electron chi connectivity index (χ4n) is 2.09. The lowest BCUT2D eigenvalue weighted by molar-refractivity contribution is 0.0941. The maximum Gasteiger partial charge on any atom is 0.335 e. The van der Waals surface area contributed by atoms with Crippen molar-refractivity contribution in [3.8, 4) is 0 Å². The van der Waals surface area contributed by atoms with Gasteiger partial charge in [-0.3, -0.25) is 9.78 Å². The summed E-state index contributed by atoms with van der Waals surface area (Å²) in [6.45, 7) is -0.116. The lowest BCUT2D eigenvalue weighted by atomic mass is 10.2. The highest BCUT2D eigenvalue weighted by molar-refractivity contribution is 7.90. The van der Waals surface area contributed by atoms with Crippen LogP contribution >= 0.6 is 11.6 Å².